The highest BCUT2D eigenvalue weighted by atomic mass is 16.6. The maximum atomic E-state index is 11.2. The van der Waals surface area contributed by atoms with E-state index < -0.39 is 0 Å². The van der Waals surface area contributed by atoms with Gasteiger partial charge in [0, 0.05) is 18.8 Å². The van der Waals surface area contributed by atoms with E-state index in [-0.39, 0.29) is 5.92 Å². The SMILES string of the molecule is O=C1CCCC(C2=COCCO2)C1. The summed E-state index contributed by atoms with van der Waals surface area (Å²) >= 11 is 0. The second-order valence-electron chi connectivity index (χ2n) is 3.57. The zero-order valence-corrected chi connectivity index (χ0v) is 7.62. The van der Waals surface area contributed by atoms with Crippen LogP contribution in [0.1, 0.15) is 25.7 Å². The number of rotatable bonds is 1. The lowest BCUT2D eigenvalue weighted by Crippen LogP contribution is -2.21. The fourth-order valence-corrected chi connectivity index (χ4v) is 1.86. The standard InChI is InChI=1S/C10H14O3/c11-9-3-1-2-8(6-9)10-7-12-4-5-13-10/h7-8H,1-6H2. The zero-order chi connectivity index (χ0) is 9.10. The number of carbonyl (C=O) groups is 1. The van der Waals surface area contributed by atoms with Gasteiger partial charge in [-0.05, 0) is 12.8 Å². The predicted octanol–water partition coefficient (Wildman–Crippen LogP) is 1.63. The van der Waals surface area contributed by atoms with Crippen LogP contribution in [0, 0.1) is 5.92 Å². The molecule has 0 saturated heterocycles. The average molecular weight is 182 g/mol. The molecule has 1 atom stereocenters. The molecule has 2 aliphatic rings. The summed E-state index contributed by atoms with van der Waals surface area (Å²) in [6.45, 7) is 1.25. The van der Waals surface area contributed by atoms with Crippen molar-refractivity contribution in [2.75, 3.05) is 13.2 Å². The summed E-state index contributed by atoms with van der Waals surface area (Å²) in [5.74, 6) is 1.51. The molecule has 1 saturated carbocycles. The third-order valence-corrected chi connectivity index (χ3v) is 2.55. The molecule has 3 heteroatoms. The van der Waals surface area contributed by atoms with E-state index in [4.69, 9.17) is 9.47 Å². The monoisotopic (exact) mass is 182 g/mol. The van der Waals surface area contributed by atoms with Gasteiger partial charge in [-0.1, -0.05) is 0 Å². The number of hydrogen-bond donors (Lipinski definition) is 0. The smallest absolute Gasteiger partial charge is 0.134 e. The Labute approximate surface area is 77.7 Å². The van der Waals surface area contributed by atoms with Crippen LogP contribution in [0.3, 0.4) is 0 Å². The fraction of sp³-hybridized carbons (Fsp3) is 0.700. The molecule has 1 heterocycles. The first-order valence-electron chi connectivity index (χ1n) is 4.82. The molecule has 1 aliphatic carbocycles. The minimum absolute atomic E-state index is 0.279. The van der Waals surface area contributed by atoms with Gasteiger partial charge in [-0.25, -0.2) is 0 Å². The van der Waals surface area contributed by atoms with Gasteiger partial charge in [0.05, 0.1) is 0 Å². The van der Waals surface area contributed by atoms with Crippen LogP contribution in [0.2, 0.25) is 0 Å². The Morgan fingerprint density at radius 1 is 1.38 bits per heavy atom. The molecule has 0 aromatic heterocycles. The Morgan fingerprint density at radius 3 is 3.00 bits per heavy atom. The van der Waals surface area contributed by atoms with Crippen molar-refractivity contribution in [3.05, 3.63) is 12.0 Å². The molecule has 1 fully saturated rings. The molecule has 0 radical (unpaired) electrons. The summed E-state index contributed by atoms with van der Waals surface area (Å²) in [4.78, 5) is 11.2. The van der Waals surface area contributed by atoms with E-state index >= 15 is 0 Å². The minimum atomic E-state index is 0.279. The quantitative estimate of drug-likeness (QED) is 0.618. The summed E-state index contributed by atoms with van der Waals surface area (Å²) in [5, 5.41) is 0. The largest absolute Gasteiger partial charge is 0.494 e. The molecule has 3 nitrogen and oxygen atoms in total. The lowest BCUT2D eigenvalue weighted by atomic mass is 9.87. The van der Waals surface area contributed by atoms with E-state index in [0.717, 1.165) is 25.0 Å². The molecule has 13 heavy (non-hydrogen) atoms. The molecule has 0 bridgehead atoms. The van der Waals surface area contributed by atoms with Gasteiger partial charge in [-0.15, -0.1) is 0 Å². The predicted molar refractivity (Wildman–Crippen MR) is 47.0 cm³/mol. The maximum Gasteiger partial charge on any atom is 0.134 e. The first-order chi connectivity index (χ1) is 6.36. The zero-order valence-electron chi connectivity index (χ0n) is 7.62. The first kappa shape index (κ1) is 8.60. The van der Waals surface area contributed by atoms with Crippen LogP contribution in [0.5, 0.6) is 0 Å². The van der Waals surface area contributed by atoms with E-state index in [1.54, 1.807) is 6.26 Å². The van der Waals surface area contributed by atoms with Crippen LogP contribution in [0.25, 0.3) is 0 Å². The van der Waals surface area contributed by atoms with Crippen molar-refractivity contribution in [1.29, 1.82) is 0 Å². The van der Waals surface area contributed by atoms with Gasteiger partial charge < -0.3 is 9.47 Å². The summed E-state index contributed by atoms with van der Waals surface area (Å²) in [7, 11) is 0. The second kappa shape index (κ2) is 3.81. The van der Waals surface area contributed by atoms with Gasteiger partial charge in [0.1, 0.15) is 31.0 Å². The Hall–Kier alpha value is -0.990. The van der Waals surface area contributed by atoms with Gasteiger partial charge >= 0.3 is 0 Å². The summed E-state index contributed by atoms with van der Waals surface area (Å²) in [6.07, 6.45) is 5.09. The van der Waals surface area contributed by atoms with Crippen molar-refractivity contribution >= 4 is 5.78 Å². The van der Waals surface area contributed by atoms with E-state index in [1.165, 1.54) is 0 Å². The number of hydrogen-bond acceptors (Lipinski definition) is 3. The van der Waals surface area contributed by atoms with Crippen LogP contribution >= 0.6 is 0 Å². The van der Waals surface area contributed by atoms with Crippen LogP contribution in [0.4, 0.5) is 0 Å². The highest BCUT2D eigenvalue weighted by Crippen LogP contribution is 2.29. The van der Waals surface area contributed by atoms with Gasteiger partial charge in [0.15, 0.2) is 0 Å². The van der Waals surface area contributed by atoms with E-state index in [0.29, 0.717) is 25.4 Å². The minimum Gasteiger partial charge on any atom is -0.494 e. The molecular weight excluding hydrogens is 168 g/mol. The van der Waals surface area contributed by atoms with Crippen molar-refractivity contribution in [3.8, 4) is 0 Å². The van der Waals surface area contributed by atoms with Crippen molar-refractivity contribution in [1.82, 2.24) is 0 Å². The van der Waals surface area contributed by atoms with Crippen LogP contribution < -0.4 is 0 Å². The van der Waals surface area contributed by atoms with Gasteiger partial charge in [0.2, 0.25) is 0 Å². The number of ether oxygens (including phenoxy) is 2. The topological polar surface area (TPSA) is 35.5 Å². The third kappa shape index (κ3) is 2.02. The van der Waals surface area contributed by atoms with Crippen LogP contribution in [0.15, 0.2) is 12.0 Å². The fourth-order valence-electron chi connectivity index (χ4n) is 1.86. The Morgan fingerprint density at radius 2 is 2.31 bits per heavy atom. The molecular formula is C10H14O3. The van der Waals surface area contributed by atoms with Crippen molar-refractivity contribution < 1.29 is 14.3 Å². The molecule has 2 rings (SSSR count). The Bertz CT molecular complexity index is 232. The first-order valence-corrected chi connectivity index (χ1v) is 4.82. The molecule has 0 aromatic rings. The highest BCUT2D eigenvalue weighted by molar-refractivity contribution is 5.79. The molecule has 0 N–H and O–H groups in total. The van der Waals surface area contributed by atoms with Crippen LogP contribution in [-0.2, 0) is 14.3 Å². The van der Waals surface area contributed by atoms with E-state index in [1.807, 2.05) is 0 Å². The third-order valence-electron chi connectivity index (χ3n) is 2.55. The molecule has 1 aliphatic heterocycles. The van der Waals surface area contributed by atoms with Gasteiger partial charge in [-0.2, -0.15) is 0 Å². The normalized spacial score (nSPS) is 28.8. The number of Topliss-reactive ketones (excluding diaryl/α,β-unsaturated/α-hetero) is 1. The highest BCUT2D eigenvalue weighted by Gasteiger charge is 2.25. The molecule has 0 aromatic carbocycles. The molecule has 72 valence electrons. The number of allylic oxidation sites excluding steroid dienone is 1. The Kier molecular flexibility index (Phi) is 2.52. The summed E-state index contributed by atoms with van der Waals surface area (Å²) < 4.78 is 10.6. The van der Waals surface area contributed by atoms with Crippen LogP contribution in [-0.4, -0.2) is 19.0 Å². The number of ketones is 1. The van der Waals surface area contributed by atoms with Gasteiger partial charge in [0.25, 0.3) is 0 Å². The molecule has 1 unspecified atom stereocenters. The maximum absolute atomic E-state index is 11.2. The summed E-state index contributed by atoms with van der Waals surface area (Å²) in [5.41, 5.74) is 0. The summed E-state index contributed by atoms with van der Waals surface area (Å²) in [6, 6.07) is 0. The molecule has 0 spiro atoms. The van der Waals surface area contributed by atoms with Gasteiger partial charge in [-0.3, -0.25) is 4.79 Å². The second-order valence-corrected chi connectivity index (χ2v) is 3.57. The average Bonchev–Trinajstić information content (AvgIpc) is 2.19. The van der Waals surface area contributed by atoms with Crippen molar-refractivity contribution in [2.24, 2.45) is 5.92 Å². The Balaban J connectivity index is 1.98. The van der Waals surface area contributed by atoms with Crippen molar-refractivity contribution in [2.45, 2.75) is 25.7 Å². The molecule has 0 amide bonds. The number of carbonyl (C=O) groups excluding carboxylic acids is 1. The lowest BCUT2D eigenvalue weighted by molar-refractivity contribution is -0.121. The van der Waals surface area contributed by atoms with E-state index in [9.17, 15) is 4.79 Å². The van der Waals surface area contributed by atoms with E-state index in [2.05, 4.69) is 0 Å². The van der Waals surface area contributed by atoms with Crippen molar-refractivity contribution in [3.63, 3.8) is 0 Å². The lowest BCUT2D eigenvalue weighted by Gasteiger charge is -2.25.